The van der Waals surface area contributed by atoms with E-state index in [0.717, 1.165) is 0 Å². The summed E-state index contributed by atoms with van der Waals surface area (Å²) < 4.78 is 0. The summed E-state index contributed by atoms with van der Waals surface area (Å²) in [7, 11) is 0.846. The lowest BCUT2D eigenvalue weighted by Gasteiger charge is -2.00. The highest BCUT2D eigenvalue weighted by Crippen LogP contribution is 2.27. The molecule has 0 radical (unpaired) electrons. The molecule has 12 heavy (non-hydrogen) atoms. The van der Waals surface area contributed by atoms with Gasteiger partial charge in [-0.15, -0.1) is 0 Å². The van der Waals surface area contributed by atoms with E-state index >= 15 is 0 Å². The van der Waals surface area contributed by atoms with Gasteiger partial charge in [0.2, 0.25) is 10.2 Å². The van der Waals surface area contributed by atoms with E-state index in [1.54, 1.807) is 0 Å². The number of halogens is 2. The van der Waals surface area contributed by atoms with Crippen molar-refractivity contribution < 1.29 is 19.8 Å². The van der Waals surface area contributed by atoms with Crippen LogP contribution in [0.2, 0.25) is 0 Å². The van der Waals surface area contributed by atoms with Crippen molar-refractivity contribution in [2.45, 2.75) is 11.1 Å². The fraction of sp³-hybridized carbons (Fsp3) is 0.500. The first-order chi connectivity index (χ1) is 5.45. The molecule has 0 rings (SSSR count). The summed E-state index contributed by atoms with van der Waals surface area (Å²) in [5.41, 5.74) is -3.30. The third kappa shape index (κ3) is 5.23. The Kier molecular flexibility index (Phi) is 6.34. The molecule has 0 aromatic heterocycles. The molecule has 0 fully saturated rings. The van der Waals surface area contributed by atoms with E-state index in [4.69, 9.17) is 33.4 Å². The Hall–Kier alpha value is 0.540. The lowest BCUT2D eigenvalue weighted by Crippen LogP contribution is -2.11. The highest BCUT2D eigenvalue weighted by Gasteiger charge is 2.18. The van der Waals surface area contributed by atoms with Gasteiger partial charge in [0.25, 0.3) is 0 Å². The molecule has 2 atom stereocenters. The molecule has 0 saturated carbocycles. The molecule has 70 valence electrons. The summed E-state index contributed by atoms with van der Waals surface area (Å²) in [5, 5.41) is 15.3. The average Bonchev–Trinajstić information content (AvgIpc) is 1.98. The van der Waals surface area contributed by atoms with Crippen LogP contribution in [-0.2, 0) is 9.59 Å². The Morgan fingerprint density at radius 1 is 1.00 bits per heavy atom. The van der Waals surface area contributed by atoms with Gasteiger partial charge in [-0.25, -0.2) is 0 Å². The molecule has 0 aliphatic carbocycles. The van der Waals surface area contributed by atoms with Crippen LogP contribution in [-0.4, -0.2) is 31.6 Å². The van der Waals surface area contributed by atoms with Crippen molar-refractivity contribution in [3.8, 4) is 0 Å². The van der Waals surface area contributed by atoms with E-state index < -0.39 is 21.4 Å². The molecule has 0 aliphatic rings. The van der Waals surface area contributed by atoms with Gasteiger partial charge in [-0.1, -0.05) is 23.2 Å². The molecule has 2 unspecified atom stereocenters. The van der Waals surface area contributed by atoms with Crippen LogP contribution in [0.4, 0.5) is 0 Å². The first-order valence-electron chi connectivity index (χ1n) is 2.51. The lowest BCUT2D eigenvalue weighted by atomic mass is 10.8. The summed E-state index contributed by atoms with van der Waals surface area (Å²) in [4.78, 5) is 21.1. The third-order valence-corrected chi connectivity index (χ3v) is 3.34. The van der Waals surface area contributed by atoms with Crippen molar-refractivity contribution in [2.24, 2.45) is 0 Å². The van der Waals surface area contributed by atoms with E-state index in [9.17, 15) is 9.59 Å². The molecular weight excluding hydrogens is 247 g/mol. The number of aliphatic hydroxyl groups is 2. The van der Waals surface area contributed by atoms with Gasteiger partial charge in [0, 0.05) is 0 Å². The van der Waals surface area contributed by atoms with Gasteiger partial charge in [0.05, 0.1) is 0 Å². The second-order valence-corrected chi connectivity index (χ2v) is 4.44. The van der Waals surface area contributed by atoms with Gasteiger partial charge in [0.15, 0.2) is 11.1 Å². The molecule has 0 spiro atoms. The summed E-state index contributed by atoms with van der Waals surface area (Å²) in [6.07, 6.45) is 0. The smallest absolute Gasteiger partial charge is 0.243 e. The number of alkyl halides is 2. The molecule has 0 heterocycles. The van der Waals surface area contributed by atoms with Gasteiger partial charge in [0.1, 0.15) is 0 Å². The fourth-order valence-electron chi connectivity index (χ4n) is 0.162. The summed E-state index contributed by atoms with van der Waals surface area (Å²) >= 11 is 9.91. The SMILES string of the molecule is O=C(SSC(=O)C(O)Cl)C(O)Cl. The maximum Gasteiger partial charge on any atom is 0.243 e. The molecule has 0 aromatic rings. The van der Waals surface area contributed by atoms with Gasteiger partial charge < -0.3 is 10.2 Å². The average molecular weight is 251 g/mol. The van der Waals surface area contributed by atoms with Crippen LogP contribution in [0, 0.1) is 0 Å². The second-order valence-electron chi connectivity index (χ2n) is 1.48. The van der Waals surface area contributed by atoms with Crippen molar-refractivity contribution in [3.63, 3.8) is 0 Å². The minimum atomic E-state index is -1.65. The Morgan fingerprint density at radius 3 is 1.42 bits per heavy atom. The summed E-state index contributed by atoms with van der Waals surface area (Å²) in [6, 6.07) is 0. The van der Waals surface area contributed by atoms with E-state index in [2.05, 4.69) is 0 Å². The molecule has 0 aliphatic heterocycles. The van der Waals surface area contributed by atoms with E-state index in [1.165, 1.54) is 0 Å². The van der Waals surface area contributed by atoms with Crippen molar-refractivity contribution in [1.29, 1.82) is 0 Å². The predicted octanol–water partition coefficient (Wildman–Crippen LogP) is 0.535. The topological polar surface area (TPSA) is 74.6 Å². The van der Waals surface area contributed by atoms with Crippen LogP contribution < -0.4 is 0 Å². The molecule has 2 N–H and O–H groups in total. The van der Waals surface area contributed by atoms with Crippen molar-refractivity contribution in [3.05, 3.63) is 0 Å². The highest BCUT2D eigenvalue weighted by molar-refractivity contribution is 8.87. The maximum absolute atomic E-state index is 10.6. The Bertz CT molecular complexity index is 164. The molecule has 0 bridgehead atoms. The Balaban J connectivity index is 3.69. The molecule has 8 heteroatoms. The second kappa shape index (κ2) is 6.06. The summed E-state index contributed by atoms with van der Waals surface area (Å²) in [6.45, 7) is 0. The quantitative estimate of drug-likeness (QED) is 0.551. The lowest BCUT2D eigenvalue weighted by molar-refractivity contribution is -0.115. The zero-order chi connectivity index (χ0) is 9.72. The van der Waals surface area contributed by atoms with E-state index in [1.807, 2.05) is 0 Å². The number of carbonyl (C=O) groups is 2. The number of carbonyl (C=O) groups excluding carboxylic acids is 2. The largest absolute Gasteiger partial charge is 0.370 e. The predicted molar refractivity (Wildman–Crippen MR) is 48.9 cm³/mol. The minimum Gasteiger partial charge on any atom is -0.370 e. The molecule has 4 nitrogen and oxygen atoms in total. The first kappa shape index (κ1) is 12.5. The molecule has 0 saturated heterocycles. The van der Waals surface area contributed by atoms with Crippen LogP contribution in [0.3, 0.4) is 0 Å². The van der Waals surface area contributed by atoms with Gasteiger partial charge in [-0.2, -0.15) is 0 Å². The minimum absolute atomic E-state index is 0.423. The van der Waals surface area contributed by atoms with Crippen LogP contribution in [0.15, 0.2) is 0 Å². The zero-order valence-electron chi connectivity index (χ0n) is 5.44. The number of aliphatic hydroxyl groups excluding tert-OH is 2. The third-order valence-electron chi connectivity index (χ3n) is 0.595. The normalized spacial score (nSPS) is 15.3. The van der Waals surface area contributed by atoms with Crippen molar-refractivity contribution >= 4 is 55.0 Å². The zero-order valence-corrected chi connectivity index (χ0v) is 8.58. The monoisotopic (exact) mass is 250 g/mol. The van der Waals surface area contributed by atoms with E-state index in [0.29, 0.717) is 21.6 Å². The maximum atomic E-state index is 10.6. The van der Waals surface area contributed by atoms with Crippen LogP contribution >= 0.6 is 44.8 Å². The van der Waals surface area contributed by atoms with Crippen LogP contribution in [0.25, 0.3) is 0 Å². The molecule has 0 amide bonds. The van der Waals surface area contributed by atoms with Gasteiger partial charge in [-0.05, 0) is 21.6 Å². The van der Waals surface area contributed by atoms with Crippen LogP contribution in [0.1, 0.15) is 0 Å². The molecular formula is C4H4Cl2O4S2. The molecule has 0 aromatic carbocycles. The number of hydrogen-bond donors (Lipinski definition) is 2. The highest BCUT2D eigenvalue weighted by atomic mass is 35.5. The van der Waals surface area contributed by atoms with Crippen LogP contribution in [0.5, 0.6) is 0 Å². The number of hydrogen-bond acceptors (Lipinski definition) is 6. The standard InChI is InChI=1S/C4H4Cl2O4S2/c5-1(7)3(9)11-12-4(10)2(6)8/h1-2,7-8H. The van der Waals surface area contributed by atoms with Gasteiger partial charge in [-0.3, -0.25) is 9.59 Å². The Labute approximate surface area is 86.0 Å². The first-order valence-corrected chi connectivity index (χ1v) is 5.54. The number of rotatable bonds is 2. The fourth-order valence-corrected chi connectivity index (χ4v) is 2.11. The van der Waals surface area contributed by atoms with E-state index in [-0.39, 0.29) is 0 Å². The van der Waals surface area contributed by atoms with Gasteiger partial charge >= 0.3 is 0 Å². The summed E-state index contributed by atoms with van der Waals surface area (Å²) in [5.74, 6) is 0. The Morgan fingerprint density at radius 2 is 1.25 bits per heavy atom. The van der Waals surface area contributed by atoms with Crippen molar-refractivity contribution in [1.82, 2.24) is 0 Å². The van der Waals surface area contributed by atoms with Crippen molar-refractivity contribution in [2.75, 3.05) is 0 Å².